The lowest BCUT2D eigenvalue weighted by Crippen LogP contribution is -2.36. The zero-order valence-electron chi connectivity index (χ0n) is 16.8. The zero-order chi connectivity index (χ0) is 20.5. The second kappa shape index (κ2) is 7.71. The number of H-pyrrole nitrogens is 1. The van der Waals surface area contributed by atoms with E-state index in [-0.39, 0.29) is 11.9 Å². The van der Waals surface area contributed by atoms with E-state index in [0.717, 1.165) is 41.6 Å². The summed E-state index contributed by atoms with van der Waals surface area (Å²) in [5.74, 6) is 0.270. The van der Waals surface area contributed by atoms with Crippen molar-refractivity contribution in [3.63, 3.8) is 0 Å². The molecule has 5 rings (SSSR count). The molecule has 1 aliphatic rings. The van der Waals surface area contributed by atoms with E-state index in [0.29, 0.717) is 17.1 Å². The molecular formula is C24H23N5O. The highest BCUT2D eigenvalue weighted by Crippen LogP contribution is 2.34. The van der Waals surface area contributed by atoms with E-state index in [2.05, 4.69) is 49.7 Å². The molecule has 3 aromatic heterocycles. The molecule has 0 radical (unpaired) electrons. The molecule has 0 saturated heterocycles. The maximum absolute atomic E-state index is 13.1. The second-order valence-corrected chi connectivity index (χ2v) is 7.91. The number of fused-ring (bicyclic) bond motifs is 1. The number of nitrogens with one attached hydrogen (secondary N) is 2. The molecule has 3 heterocycles. The molecule has 6 heteroatoms. The van der Waals surface area contributed by atoms with Crippen LogP contribution in [0, 0.1) is 6.92 Å². The average Bonchev–Trinajstić information content (AvgIpc) is 3.40. The monoisotopic (exact) mass is 397 g/mol. The summed E-state index contributed by atoms with van der Waals surface area (Å²) in [4.78, 5) is 21.7. The number of aromatic nitrogens is 4. The fraction of sp³-hybridized carbons (Fsp3) is 0.250. The van der Waals surface area contributed by atoms with E-state index in [1.807, 2.05) is 31.2 Å². The lowest BCUT2D eigenvalue weighted by atomic mass is 9.94. The maximum atomic E-state index is 13.1. The van der Waals surface area contributed by atoms with Crippen molar-refractivity contribution in [1.29, 1.82) is 0 Å². The first-order valence-corrected chi connectivity index (χ1v) is 10.3. The summed E-state index contributed by atoms with van der Waals surface area (Å²) in [5, 5.41) is 11.5. The third kappa shape index (κ3) is 3.45. The van der Waals surface area contributed by atoms with Gasteiger partial charge in [-0.1, -0.05) is 36.8 Å². The first-order valence-electron chi connectivity index (χ1n) is 10.3. The molecular weight excluding hydrogens is 374 g/mol. The van der Waals surface area contributed by atoms with Gasteiger partial charge in [0.05, 0.1) is 5.56 Å². The van der Waals surface area contributed by atoms with Crippen molar-refractivity contribution in [2.75, 3.05) is 0 Å². The van der Waals surface area contributed by atoms with Crippen molar-refractivity contribution < 1.29 is 4.79 Å². The number of carbonyl (C=O) groups excluding carboxylic acids is 1. The van der Waals surface area contributed by atoms with Crippen LogP contribution in [0.15, 0.2) is 60.9 Å². The summed E-state index contributed by atoms with van der Waals surface area (Å²) < 4.78 is 0. The van der Waals surface area contributed by atoms with Gasteiger partial charge < -0.3 is 5.32 Å². The molecule has 1 fully saturated rings. The van der Waals surface area contributed by atoms with Crippen LogP contribution in [0.3, 0.4) is 0 Å². The molecule has 2 N–H and O–H groups in total. The molecule has 4 aromatic rings. The number of nitrogens with zero attached hydrogens (tertiary/aromatic N) is 3. The lowest BCUT2D eigenvalue weighted by Gasteiger charge is -2.21. The SMILES string of the molecule is Cc1cc(-c2n[nH]c3ncc(C(=O)NC4CCCC4c4ccccc4)cc23)ccn1. The van der Waals surface area contributed by atoms with Crippen molar-refractivity contribution in [3.8, 4) is 11.3 Å². The molecule has 1 amide bonds. The number of amides is 1. The zero-order valence-corrected chi connectivity index (χ0v) is 16.8. The van der Waals surface area contributed by atoms with Crippen LogP contribution >= 0.6 is 0 Å². The Balaban J connectivity index is 1.42. The lowest BCUT2D eigenvalue weighted by molar-refractivity contribution is 0.0934. The molecule has 2 unspecified atom stereocenters. The largest absolute Gasteiger partial charge is 0.349 e. The first-order chi connectivity index (χ1) is 14.7. The summed E-state index contributed by atoms with van der Waals surface area (Å²) in [6.07, 6.45) is 6.59. The molecule has 0 aliphatic heterocycles. The van der Waals surface area contributed by atoms with Gasteiger partial charge in [-0.3, -0.25) is 14.9 Å². The number of rotatable bonds is 4. The van der Waals surface area contributed by atoms with Gasteiger partial charge in [-0.05, 0) is 43.5 Å². The normalized spacial score (nSPS) is 18.6. The Morgan fingerprint density at radius 3 is 2.80 bits per heavy atom. The van der Waals surface area contributed by atoms with Gasteiger partial charge in [0.25, 0.3) is 5.91 Å². The summed E-state index contributed by atoms with van der Waals surface area (Å²) >= 11 is 0. The summed E-state index contributed by atoms with van der Waals surface area (Å²) in [6, 6.07) is 16.4. The van der Waals surface area contributed by atoms with E-state index in [9.17, 15) is 4.79 Å². The number of carbonyl (C=O) groups is 1. The quantitative estimate of drug-likeness (QED) is 0.535. The number of pyridine rings is 2. The van der Waals surface area contributed by atoms with Crippen molar-refractivity contribution in [2.45, 2.75) is 38.1 Å². The van der Waals surface area contributed by atoms with E-state index in [1.165, 1.54) is 5.56 Å². The van der Waals surface area contributed by atoms with Crippen molar-refractivity contribution in [2.24, 2.45) is 0 Å². The Labute approximate surface area is 174 Å². The van der Waals surface area contributed by atoms with Crippen LogP contribution in [0.25, 0.3) is 22.3 Å². The van der Waals surface area contributed by atoms with Gasteiger partial charge >= 0.3 is 0 Å². The van der Waals surface area contributed by atoms with Crippen LogP contribution in [0.5, 0.6) is 0 Å². The second-order valence-electron chi connectivity index (χ2n) is 7.91. The van der Waals surface area contributed by atoms with E-state index in [1.54, 1.807) is 12.4 Å². The van der Waals surface area contributed by atoms with Crippen LogP contribution in [0.4, 0.5) is 0 Å². The topological polar surface area (TPSA) is 83.6 Å². The van der Waals surface area contributed by atoms with Crippen LogP contribution in [0.1, 0.15) is 46.8 Å². The van der Waals surface area contributed by atoms with E-state index >= 15 is 0 Å². The van der Waals surface area contributed by atoms with Crippen LogP contribution in [-0.4, -0.2) is 32.1 Å². The number of aromatic amines is 1. The highest BCUT2D eigenvalue weighted by Gasteiger charge is 2.30. The molecule has 0 bridgehead atoms. The Morgan fingerprint density at radius 1 is 1.10 bits per heavy atom. The molecule has 6 nitrogen and oxygen atoms in total. The molecule has 2 atom stereocenters. The predicted molar refractivity (Wildman–Crippen MR) is 116 cm³/mol. The minimum absolute atomic E-state index is 0.0877. The van der Waals surface area contributed by atoms with E-state index in [4.69, 9.17) is 0 Å². The number of benzene rings is 1. The Morgan fingerprint density at radius 2 is 1.97 bits per heavy atom. The number of hydrogen-bond acceptors (Lipinski definition) is 4. The minimum atomic E-state index is -0.0877. The van der Waals surface area contributed by atoms with Crippen molar-refractivity contribution in [1.82, 2.24) is 25.5 Å². The van der Waals surface area contributed by atoms with Crippen LogP contribution in [0.2, 0.25) is 0 Å². The standard InChI is InChI=1S/C24H23N5O/c1-15-12-17(10-11-25-15)22-20-13-18(14-26-23(20)29-28-22)24(30)27-21-9-5-8-19(21)16-6-3-2-4-7-16/h2-4,6-7,10-14,19,21H,5,8-9H2,1H3,(H,27,30)(H,26,28,29). The maximum Gasteiger partial charge on any atom is 0.253 e. The third-order valence-corrected chi connectivity index (χ3v) is 5.91. The minimum Gasteiger partial charge on any atom is -0.349 e. The van der Waals surface area contributed by atoms with Crippen LogP contribution in [-0.2, 0) is 0 Å². The Kier molecular flexibility index (Phi) is 4.75. The summed E-state index contributed by atoms with van der Waals surface area (Å²) in [7, 11) is 0. The van der Waals surface area contributed by atoms with Crippen LogP contribution < -0.4 is 5.32 Å². The van der Waals surface area contributed by atoms with Crippen molar-refractivity contribution >= 4 is 16.9 Å². The van der Waals surface area contributed by atoms with Gasteiger partial charge in [0.1, 0.15) is 5.69 Å². The molecule has 1 saturated carbocycles. The fourth-order valence-electron chi connectivity index (χ4n) is 4.42. The molecule has 0 spiro atoms. The Hall–Kier alpha value is -3.54. The molecule has 150 valence electrons. The van der Waals surface area contributed by atoms with Gasteiger partial charge in [0.15, 0.2) is 5.65 Å². The number of aryl methyl sites for hydroxylation is 1. The molecule has 1 aliphatic carbocycles. The highest BCUT2D eigenvalue weighted by molar-refractivity contribution is 6.00. The van der Waals surface area contributed by atoms with Gasteiger partial charge in [0, 0.05) is 41.0 Å². The smallest absolute Gasteiger partial charge is 0.253 e. The van der Waals surface area contributed by atoms with Gasteiger partial charge in [-0.25, -0.2) is 4.98 Å². The summed E-state index contributed by atoms with van der Waals surface area (Å²) in [5.41, 5.74) is 5.15. The Bertz CT molecular complexity index is 1200. The van der Waals surface area contributed by atoms with Gasteiger partial charge in [-0.2, -0.15) is 5.10 Å². The summed E-state index contributed by atoms with van der Waals surface area (Å²) in [6.45, 7) is 1.94. The predicted octanol–water partition coefficient (Wildman–Crippen LogP) is 4.39. The average molecular weight is 397 g/mol. The number of hydrogen-bond donors (Lipinski definition) is 2. The molecule has 1 aromatic carbocycles. The molecule has 30 heavy (non-hydrogen) atoms. The third-order valence-electron chi connectivity index (χ3n) is 5.91. The fourth-order valence-corrected chi connectivity index (χ4v) is 4.42. The van der Waals surface area contributed by atoms with Gasteiger partial charge in [0.2, 0.25) is 0 Å². The first kappa shape index (κ1) is 18.5. The van der Waals surface area contributed by atoms with Crippen molar-refractivity contribution in [3.05, 3.63) is 77.7 Å². The highest BCUT2D eigenvalue weighted by atomic mass is 16.1. The van der Waals surface area contributed by atoms with Gasteiger partial charge in [-0.15, -0.1) is 0 Å². The van der Waals surface area contributed by atoms with E-state index < -0.39 is 0 Å².